The average molecular weight is 917 g/mol. The molecule has 0 bridgehead atoms. The van der Waals surface area contributed by atoms with Crippen LogP contribution in [0.5, 0.6) is 0 Å². The molecule has 0 heterocycles. The molecule has 0 aliphatic carbocycles. The van der Waals surface area contributed by atoms with Gasteiger partial charge in [-0.15, -0.1) is 8.97 Å². The molecule has 0 aliphatic heterocycles. The number of carbonyl (C=O) groups is 6. The molecular weight excluding hydrogens is 820 g/mol. The van der Waals surface area contributed by atoms with Gasteiger partial charge in [0, 0.05) is 0 Å². The van der Waals surface area contributed by atoms with E-state index in [1.165, 1.54) is 38.5 Å². The summed E-state index contributed by atoms with van der Waals surface area (Å²) in [5.41, 5.74) is 0. The molecule has 6 amide bonds. The third-order valence-corrected chi connectivity index (χ3v) is 12.0. The van der Waals surface area contributed by atoms with E-state index in [0.717, 1.165) is 154 Å². The maximum atomic E-state index is 13.0. The van der Waals surface area contributed by atoms with Gasteiger partial charge in [0.1, 0.15) is 0 Å². The van der Waals surface area contributed by atoms with Gasteiger partial charge in [0.15, 0.2) is 0 Å². The van der Waals surface area contributed by atoms with E-state index in [2.05, 4.69) is 41.5 Å². The van der Waals surface area contributed by atoms with Gasteiger partial charge < -0.3 is 19.2 Å². The normalized spacial score (nSPS) is 11.6. The number of hydrogen-bond acceptors (Lipinski definition) is 9. The van der Waals surface area contributed by atoms with Crippen LogP contribution in [-0.4, -0.2) is 63.4 Å². The summed E-state index contributed by atoms with van der Waals surface area (Å²) in [4.78, 5) is 102. The lowest BCUT2D eigenvalue weighted by atomic mass is 10.1. The molecule has 0 spiro atoms. The molecule has 0 fully saturated rings. The molecule has 12 nitrogen and oxygen atoms in total. The number of rotatable bonds is 36. The summed E-state index contributed by atoms with van der Waals surface area (Å²) >= 11 is 0. The van der Waals surface area contributed by atoms with Crippen LogP contribution in [0.15, 0.2) is 0 Å². The van der Waals surface area contributed by atoms with E-state index >= 15 is 0 Å². The predicted molar refractivity (Wildman–Crippen MR) is 252 cm³/mol. The molecule has 0 aliphatic rings. The molecule has 0 atom stereocenters. The first-order chi connectivity index (χ1) is 29.9. The van der Waals surface area contributed by atoms with Crippen molar-refractivity contribution in [3.63, 3.8) is 0 Å². The summed E-state index contributed by atoms with van der Waals surface area (Å²) in [6, 6.07) is 0. The van der Waals surface area contributed by atoms with Crippen LogP contribution in [0.2, 0.25) is 0 Å². The molecule has 0 aromatic rings. The van der Waals surface area contributed by atoms with Crippen molar-refractivity contribution in [2.24, 2.45) is 0 Å². The minimum atomic E-state index is -5.14. The zero-order chi connectivity index (χ0) is 48.4. The Labute approximate surface area is 385 Å². The molecule has 63 heavy (non-hydrogen) atoms. The minimum absolute atomic E-state index is 0.196. The maximum Gasteiger partial charge on any atom is 0.328 e. The van der Waals surface area contributed by atoms with E-state index in [0.29, 0.717) is 38.5 Å². The van der Waals surface area contributed by atoms with Crippen LogP contribution in [0.25, 0.3) is 0 Å². The molecule has 1 N–H and O–H groups in total. The van der Waals surface area contributed by atoms with Crippen LogP contribution >= 0.6 is 7.82 Å². The Morgan fingerprint density at radius 3 is 0.540 bits per heavy atom. The monoisotopic (exact) mass is 917 g/mol. The van der Waals surface area contributed by atoms with Crippen LogP contribution in [-0.2, 0) is 33.3 Å². The van der Waals surface area contributed by atoms with E-state index in [-0.39, 0.29) is 35.4 Å². The maximum absolute atomic E-state index is 13.0. The Hall–Kier alpha value is -1.95. The van der Waals surface area contributed by atoms with Crippen molar-refractivity contribution in [2.45, 2.75) is 273 Å². The smallest absolute Gasteiger partial charge is 0.328 e. The zero-order valence-electron chi connectivity index (χ0n) is 41.9. The zero-order valence-corrected chi connectivity index (χ0v) is 42.8. The highest BCUT2D eigenvalue weighted by Gasteiger charge is 2.46. The van der Waals surface area contributed by atoms with Gasteiger partial charge in [-0.3, -0.25) is 0 Å². The number of nitrogens with zero attached hydrogens (tertiary/aromatic N) is 2. The summed E-state index contributed by atoms with van der Waals surface area (Å²) in [5.74, 6) is -1.17. The second-order valence-electron chi connectivity index (χ2n) is 17.8. The molecule has 0 saturated carbocycles. The highest BCUT2D eigenvalue weighted by Crippen LogP contribution is 2.22. The van der Waals surface area contributed by atoms with Gasteiger partial charge >= 0.3 is 35.4 Å². The lowest BCUT2D eigenvalue weighted by Gasteiger charge is -2.26. The fourth-order valence-electron chi connectivity index (χ4n) is 7.45. The largest absolute Gasteiger partial charge is 0.790 e. The van der Waals surface area contributed by atoms with Crippen LogP contribution in [0.1, 0.15) is 273 Å². The fourth-order valence-corrected chi connectivity index (χ4v) is 7.45. The van der Waals surface area contributed by atoms with Crippen molar-refractivity contribution in [1.29, 1.82) is 0 Å². The SMILES string of the molecule is CCCCCCCC(=O)[N+](C)(C(=O)CCCCCCC)C(=O)CCCCCCC.CCCCCCCC(=O)[N+](C)(C(=O)CCCCCCC)C(=O)CCCCCCC.O=P([O-])([O-])O. The second-order valence-corrected chi connectivity index (χ2v) is 18.8. The van der Waals surface area contributed by atoms with Crippen molar-refractivity contribution in [2.75, 3.05) is 14.1 Å². The van der Waals surface area contributed by atoms with Gasteiger partial charge in [0.25, 0.3) is 0 Å². The first-order valence-corrected chi connectivity index (χ1v) is 27.1. The lowest BCUT2D eigenvalue weighted by Crippen LogP contribution is -2.57. The Morgan fingerprint density at radius 1 is 0.317 bits per heavy atom. The number of phosphoric acid groups is 1. The number of imide groups is 6. The third kappa shape index (κ3) is 35.0. The predicted octanol–water partition coefficient (Wildman–Crippen LogP) is 12.0. The Morgan fingerprint density at radius 2 is 0.429 bits per heavy atom. The standard InChI is InChI=1S/2C25H48NO3.H3O4P/c2*1-5-8-11-14-17-20-23(27)26(4,24(28)21-18-15-12-9-6-2)25(29)22-19-16-13-10-7-3;1-5(2,3)4/h2*5-22H2,1-4H3;(H3,1,2,3,4)/q2*+1;/p-2. The summed E-state index contributed by atoms with van der Waals surface area (Å²) in [6.45, 7) is 13.0. The van der Waals surface area contributed by atoms with Gasteiger partial charge in [-0.05, 0) is 38.5 Å². The van der Waals surface area contributed by atoms with Crippen LogP contribution in [0.4, 0.5) is 0 Å². The number of amides is 6. The van der Waals surface area contributed by atoms with E-state index in [4.69, 9.17) is 19.2 Å². The average Bonchev–Trinajstić information content (AvgIpc) is 3.24. The number of hydrogen-bond donors (Lipinski definition) is 1. The van der Waals surface area contributed by atoms with Crippen molar-refractivity contribution in [3.8, 4) is 0 Å². The van der Waals surface area contributed by atoms with Gasteiger partial charge in [0.2, 0.25) is 0 Å². The second kappa shape index (κ2) is 42.7. The molecule has 372 valence electrons. The van der Waals surface area contributed by atoms with E-state index < -0.39 is 16.8 Å². The first kappa shape index (κ1) is 65.3. The van der Waals surface area contributed by atoms with Gasteiger partial charge in [0.05, 0.1) is 60.4 Å². The van der Waals surface area contributed by atoms with Gasteiger partial charge in [-0.25, -0.2) is 28.8 Å². The number of carbonyl (C=O) groups excluding carboxylic acids is 6. The molecule has 13 heteroatoms. The molecule has 0 radical (unpaired) electrons. The summed E-state index contributed by atoms with van der Waals surface area (Å²) < 4.78 is 7.46. The van der Waals surface area contributed by atoms with E-state index in [1.807, 2.05) is 0 Å². The molecule has 0 aromatic carbocycles. The third-order valence-electron chi connectivity index (χ3n) is 12.0. The molecular formula is C50H97N2O10P. The van der Waals surface area contributed by atoms with Crippen LogP contribution in [0, 0.1) is 0 Å². The first-order valence-electron chi connectivity index (χ1n) is 25.6. The van der Waals surface area contributed by atoms with Crippen molar-refractivity contribution in [3.05, 3.63) is 0 Å². The Balaban J connectivity index is -0.00000103. The minimum Gasteiger partial charge on any atom is -0.790 e. The molecule has 0 unspecified atom stereocenters. The summed E-state index contributed by atoms with van der Waals surface area (Å²) in [7, 11) is -2.01. The van der Waals surface area contributed by atoms with Crippen molar-refractivity contribution >= 4 is 43.3 Å². The van der Waals surface area contributed by atoms with Gasteiger partial charge in [-0.2, -0.15) is 0 Å². The quantitative estimate of drug-likeness (QED) is 0.0360. The Bertz CT molecular complexity index is 1030. The fraction of sp³-hybridized carbons (Fsp3) is 0.880. The summed E-state index contributed by atoms with van der Waals surface area (Å²) in [6.07, 6.45) is 33.4. The number of unbranched alkanes of at least 4 members (excludes halogenated alkanes) is 24. The Kier molecular flexibility index (Phi) is 44.2. The number of quaternary nitrogens is 2. The highest BCUT2D eigenvalue weighted by molar-refractivity contribution is 7.42. The molecule has 0 aromatic heterocycles. The topological polar surface area (TPSA) is 186 Å². The molecule has 0 saturated heterocycles. The summed E-state index contributed by atoms with van der Waals surface area (Å²) in [5, 5.41) is 0. The van der Waals surface area contributed by atoms with Gasteiger partial charge in [-0.1, -0.05) is 196 Å². The van der Waals surface area contributed by atoms with Crippen LogP contribution < -0.4 is 9.79 Å². The van der Waals surface area contributed by atoms with Crippen molar-refractivity contribution < 1.29 is 57.0 Å². The van der Waals surface area contributed by atoms with E-state index in [9.17, 15) is 28.8 Å². The lowest BCUT2D eigenvalue weighted by molar-refractivity contribution is -0.682. The van der Waals surface area contributed by atoms with Crippen LogP contribution in [0.3, 0.4) is 0 Å². The van der Waals surface area contributed by atoms with Crippen molar-refractivity contribution in [1.82, 2.24) is 0 Å². The van der Waals surface area contributed by atoms with E-state index in [1.54, 1.807) is 14.1 Å². The molecule has 0 rings (SSSR count). The highest BCUT2D eigenvalue weighted by atomic mass is 31.2.